The summed E-state index contributed by atoms with van der Waals surface area (Å²) in [6.07, 6.45) is 2.03. The zero-order valence-corrected chi connectivity index (χ0v) is 10.9. The Hall–Kier alpha value is -2.41. The van der Waals surface area contributed by atoms with Crippen molar-refractivity contribution >= 4 is 28.5 Å². The molecule has 3 amide bonds. The fourth-order valence-electron chi connectivity index (χ4n) is 2.42. The fraction of sp³-hybridized carbons (Fsp3) is 0.308. The van der Waals surface area contributed by atoms with Crippen LogP contribution in [-0.4, -0.2) is 34.8 Å². The molecule has 7 heteroatoms. The quantitative estimate of drug-likeness (QED) is 0.848. The number of rotatable bonds is 3. The molecular formula is C13H15N5O2. The molecule has 2 aromatic rings. The lowest BCUT2D eigenvalue weighted by Crippen LogP contribution is -2.49. The molecule has 2 heterocycles. The number of anilines is 1. The zero-order chi connectivity index (χ0) is 14.1. The Labute approximate surface area is 115 Å². The molecule has 1 aliphatic heterocycles. The van der Waals surface area contributed by atoms with E-state index >= 15 is 0 Å². The highest BCUT2D eigenvalue weighted by Crippen LogP contribution is 2.27. The van der Waals surface area contributed by atoms with Gasteiger partial charge in [0.2, 0.25) is 5.91 Å². The van der Waals surface area contributed by atoms with Crippen LogP contribution in [0.2, 0.25) is 0 Å². The van der Waals surface area contributed by atoms with Crippen LogP contribution in [0.15, 0.2) is 24.4 Å². The van der Waals surface area contributed by atoms with Crippen molar-refractivity contribution in [3.8, 4) is 0 Å². The Kier molecular flexibility index (Phi) is 3.11. The Bertz CT molecular complexity index is 678. The van der Waals surface area contributed by atoms with E-state index in [0.29, 0.717) is 26.1 Å². The number of imide groups is 1. The Morgan fingerprint density at radius 3 is 2.95 bits per heavy atom. The molecule has 3 rings (SSSR count). The van der Waals surface area contributed by atoms with E-state index in [2.05, 4.69) is 10.4 Å². The molecule has 20 heavy (non-hydrogen) atoms. The Morgan fingerprint density at radius 2 is 2.20 bits per heavy atom. The molecule has 1 aromatic heterocycles. The standard InChI is InChI=1S/C13H15N5O2/c14-5-7-18-11-3-1-2-10(9(11)8-15-18)17-6-4-12(19)16-13(17)20/h1-3,8H,4-7,14H2,(H,16,19,20). The first kappa shape index (κ1) is 12.6. The van der Waals surface area contributed by atoms with E-state index in [1.165, 1.54) is 0 Å². The number of hydrogen-bond acceptors (Lipinski definition) is 4. The molecule has 1 saturated heterocycles. The number of aromatic nitrogens is 2. The second-order valence-corrected chi connectivity index (χ2v) is 4.62. The van der Waals surface area contributed by atoms with Gasteiger partial charge < -0.3 is 5.73 Å². The molecule has 0 spiro atoms. The summed E-state index contributed by atoms with van der Waals surface area (Å²) in [6.45, 7) is 1.50. The number of benzene rings is 1. The van der Waals surface area contributed by atoms with Crippen LogP contribution in [-0.2, 0) is 11.3 Å². The predicted octanol–water partition coefficient (Wildman–Crippen LogP) is 0.441. The molecule has 0 saturated carbocycles. The number of fused-ring (bicyclic) bond motifs is 1. The average molecular weight is 273 g/mol. The minimum absolute atomic E-state index is 0.239. The second-order valence-electron chi connectivity index (χ2n) is 4.62. The molecule has 0 unspecified atom stereocenters. The first-order valence-corrected chi connectivity index (χ1v) is 6.46. The van der Waals surface area contributed by atoms with Crippen molar-refractivity contribution in [2.75, 3.05) is 18.0 Å². The van der Waals surface area contributed by atoms with Crippen molar-refractivity contribution in [1.29, 1.82) is 0 Å². The highest BCUT2D eigenvalue weighted by molar-refractivity contribution is 6.09. The van der Waals surface area contributed by atoms with E-state index in [-0.39, 0.29) is 11.9 Å². The van der Waals surface area contributed by atoms with Crippen LogP contribution in [0.1, 0.15) is 6.42 Å². The lowest BCUT2D eigenvalue weighted by molar-refractivity contribution is -0.120. The number of amides is 3. The summed E-state index contributed by atoms with van der Waals surface area (Å²) in [5.41, 5.74) is 7.24. The van der Waals surface area contributed by atoms with Gasteiger partial charge in [0.05, 0.1) is 23.9 Å². The van der Waals surface area contributed by atoms with Gasteiger partial charge in [0.25, 0.3) is 0 Å². The lowest BCUT2D eigenvalue weighted by Gasteiger charge is -2.27. The van der Waals surface area contributed by atoms with Gasteiger partial charge in [0.1, 0.15) is 0 Å². The number of nitrogens with one attached hydrogen (secondary N) is 1. The van der Waals surface area contributed by atoms with Gasteiger partial charge in [0, 0.05) is 24.9 Å². The molecule has 1 aliphatic rings. The largest absolute Gasteiger partial charge is 0.329 e. The normalized spacial score (nSPS) is 15.8. The van der Waals surface area contributed by atoms with E-state index in [1.807, 2.05) is 22.9 Å². The van der Waals surface area contributed by atoms with Crippen molar-refractivity contribution in [1.82, 2.24) is 15.1 Å². The van der Waals surface area contributed by atoms with Crippen LogP contribution in [0, 0.1) is 0 Å². The van der Waals surface area contributed by atoms with Crippen LogP contribution < -0.4 is 16.0 Å². The maximum absolute atomic E-state index is 11.9. The highest BCUT2D eigenvalue weighted by atomic mass is 16.2. The number of nitrogens with zero attached hydrogens (tertiary/aromatic N) is 3. The molecule has 0 radical (unpaired) electrons. The summed E-state index contributed by atoms with van der Waals surface area (Å²) in [6, 6.07) is 5.27. The van der Waals surface area contributed by atoms with Crippen LogP contribution in [0.4, 0.5) is 10.5 Å². The van der Waals surface area contributed by atoms with Gasteiger partial charge in [-0.3, -0.25) is 19.7 Å². The molecule has 1 aromatic carbocycles. The summed E-state index contributed by atoms with van der Waals surface area (Å²) in [5.74, 6) is -0.239. The van der Waals surface area contributed by atoms with E-state index in [9.17, 15) is 9.59 Å². The topological polar surface area (TPSA) is 93.2 Å². The first-order chi connectivity index (χ1) is 9.70. The second kappa shape index (κ2) is 4.93. The number of carbonyl (C=O) groups is 2. The van der Waals surface area contributed by atoms with Gasteiger partial charge in [-0.15, -0.1) is 0 Å². The van der Waals surface area contributed by atoms with Crippen molar-refractivity contribution < 1.29 is 9.59 Å². The van der Waals surface area contributed by atoms with Gasteiger partial charge >= 0.3 is 6.03 Å². The third-order valence-corrected chi connectivity index (χ3v) is 3.35. The molecule has 7 nitrogen and oxygen atoms in total. The Balaban J connectivity index is 2.03. The van der Waals surface area contributed by atoms with E-state index < -0.39 is 0 Å². The molecule has 0 bridgehead atoms. The van der Waals surface area contributed by atoms with Crippen LogP contribution >= 0.6 is 0 Å². The molecule has 3 N–H and O–H groups in total. The van der Waals surface area contributed by atoms with Crippen LogP contribution in [0.25, 0.3) is 10.9 Å². The number of hydrogen-bond donors (Lipinski definition) is 2. The summed E-state index contributed by atoms with van der Waals surface area (Å²) in [5, 5.41) is 7.50. The van der Waals surface area contributed by atoms with E-state index in [4.69, 9.17) is 5.73 Å². The van der Waals surface area contributed by atoms with E-state index in [1.54, 1.807) is 11.1 Å². The van der Waals surface area contributed by atoms with Gasteiger partial charge in [-0.2, -0.15) is 5.10 Å². The lowest BCUT2D eigenvalue weighted by atomic mass is 10.2. The molecule has 0 atom stereocenters. The van der Waals surface area contributed by atoms with Crippen molar-refractivity contribution in [3.63, 3.8) is 0 Å². The predicted molar refractivity (Wildman–Crippen MR) is 74.3 cm³/mol. The number of urea groups is 1. The van der Waals surface area contributed by atoms with E-state index in [0.717, 1.165) is 16.6 Å². The maximum Gasteiger partial charge on any atom is 0.328 e. The highest BCUT2D eigenvalue weighted by Gasteiger charge is 2.25. The minimum atomic E-state index is -0.389. The smallest absolute Gasteiger partial charge is 0.328 e. The minimum Gasteiger partial charge on any atom is -0.329 e. The molecule has 104 valence electrons. The number of carbonyl (C=O) groups excluding carboxylic acids is 2. The Morgan fingerprint density at radius 1 is 1.35 bits per heavy atom. The third kappa shape index (κ3) is 2.01. The van der Waals surface area contributed by atoms with Crippen molar-refractivity contribution in [2.45, 2.75) is 13.0 Å². The monoisotopic (exact) mass is 273 g/mol. The first-order valence-electron chi connectivity index (χ1n) is 6.46. The molecule has 1 fully saturated rings. The zero-order valence-electron chi connectivity index (χ0n) is 10.9. The van der Waals surface area contributed by atoms with Gasteiger partial charge in [-0.1, -0.05) is 6.07 Å². The SMILES string of the molecule is NCCn1ncc2c(N3CCC(=O)NC3=O)cccc21. The van der Waals surface area contributed by atoms with Gasteiger partial charge in [-0.25, -0.2) is 4.79 Å². The van der Waals surface area contributed by atoms with Gasteiger partial charge in [-0.05, 0) is 12.1 Å². The van der Waals surface area contributed by atoms with Crippen LogP contribution in [0.3, 0.4) is 0 Å². The van der Waals surface area contributed by atoms with Crippen molar-refractivity contribution in [2.24, 2.45) is 5.73 Å². The third-order valence-electron chi connectivity index (χ3n) is 3.35. The van der Waals surface area contributed by atoms with Gasteiger partial charge in [0.15, 0.2) is 0 Å². The summed E-state index contributed by atoms with van der Waals surface area (Å²) in [4.78, 5) is 24.7. The fourth-order valence-corrected chi connectivity index (χ4v) is 2.42. The number of nitrogens with two attached hydrogens (primary N) is 1. The summed E-state index contributed by atoms with van der Waals surface area (Å²) < 4.78 is 1.81. The van der Waals surface area contributed by atoms with Crippen molar-refractivity contribution in [3.05, 3.63) is 24.4 Å². The molecular weight excluding hydrogens is 258 g/mol. The van der Waals surface area contributed by atoms with Crippen LogP contribution in [0.5, 0.6) is 0 Å². The average Bonchev–Trinajstić information content (AvgIpc) is 2.83. The maximum atomic E-state index is 11.9. The molecule has 0 aliphatic carbocycles. The summed E-state index contributed by atoms with van der Waals surface area (Å²) >= 11 is 0. The summed E-state index contributed by atoms with van der Waals surface area (Å²) in [7, 11) is 0.